The first-order valence-electron chi connectivity index (χ1n) is 19.3. The molecule has 2 heteroatoms. The van der Waals surface area contributed by atoms with Crippen LogP contribution in [0.2, 0.25) is 0 Å². The smallest absolute Gasteiger partial charge is 0.0553 e. The molecule has 2 nitrogen and oxygen atoms in total. The molecule has 0 atom stereocenters. The zero-order valence-corrected chi connectivity index (χ0v) is 30.7. The van der Waals surface area contributed by atoms with Crippen LogP contribution in [-0.4, -0.2) is 4.57 Å². The molecule has 0 unspecified atom stereocenters. The molecule has 0 aliphatic rings. The number of benzene rings is 10. The molecule has 0 radical (unpaired) electrons. The molecule has 0 bridgehead atoms. The summed E-state index contributed by atoms with van der Waals surface area (Å²) in [6.45, 7) is 0. The number of fused-ring (bicyclic) bond motifs is 7. The van der Waals surface area contributed by atoms with Gasteiger partial charge in [0.1, 0.15) is 0 Å². The van der Waals surface area contributed by atoms with Crippen molar-refractivity contribution < 1.29 is 0 Å². The van der Waals surface area contributed by atoms with Gasteiger partial charge in [-0.3, -0.25) is 0 Å². The van der Waals surface area contributed by atoms with Gasteiger partial charge >= 0.3 is 0 Å². The van der Waals surface area contributed by atoms with Crippen LogP contribution >= 0.6 is 0 Å². The molecule has 0 fully saturated rings. The first kappa shape index (κ1) is 32.0. The largest absolute Gasteiger partial charge is 0.310 e. The Morgan fingerprint density at radius 1 is 0.321 bits per heavy atom. The van der Waals surface area contributed by atoms with Crippen molar-refractivity contribution >= 4 is 71.2 Å². The Balaban J connectivity index is 1.21. The van der Waals surface area contributed by atoms with Crippen LogP contribution in [0.15, 0.2) is 218 Å². The maximum absolute atomic E-state index is 2.46. The van der Waals surface area contributed by atoms with Gasteiger partial charge in [0, 0.05) is 33.2 Å². The lowest BCUT2D eigenvalue weighted by molar-refractivity contribution is 1.18. The highest BCUT2D eigenvalue weighted by Gasteiger charge is 2.22. The van der Waals surface area contributed by atoms with Gasteiger partial charge in [0.05, 0.1) is 16.7 Å². The maximum atomic E-state index is 2.46. The molecular formula is C54H36N2. The lowest BCUT2D eigenvalue weighted by Crippen LogP contribution is -2.11. The molecule has 1 heterocycles. The van der Waals surface area contributed by atoms with E-state index in [0.29, 0.717) is 0 Å². The minimum atomic E-state index is 1.10. The second-order valence-electron chi connectivity index (χ2n) is 14.5. The fourth-order valence-electron chi connectivity index (χ4n) is 8.85. The van der Waals surface area contributed by atoms with E-state index in [1.54, 1.807) is 0 Å². The minimum absolute atomic E-state index is 1.10. The number of para-hydroxylation sites is 2. The van der Waals surface area contributed by atoms with Crippen molar-refractivity contribution in [1.82, 2.24) is 4.57 Å². The summed E-state index contributed by atoms with van der Waals surface area (Å²) in [7, 11) is 0. The van der Waals surface area contributed by atoms with E-state index in [1.807, 2.05) is 0 Å². The van der Waals surface area contributed by atoms with Crippen molar-refractivity contribution in [3.05, 3.63) is 218 Å². The lowest BCUT2D eigenvalue weighted by atomic mass is 9.92. The second kappa shape index (κ2) is 13.2. The van der Waals surface area contributed by atoms with Crippen molar-refractivity contribution in [3.63, 3.8) is 0 Å². The van der Waals surface area contributed by atoms with E-state index in [0.717, 1.165) is 22.7 Å². The van der Waals surface area contributed by atoms with Gasteiger partial charge in [0.15, 0.2) is 0 Å². The number of aromatic nitrogens is 1. The summed E-state index contributed by atoms with van der Waals surface area (Å²) in [5, 5.41) is 9.87. The molecule has 0 amide bonds. The maximum Gasteiger partial charge on any atom is 0.0553 e. The van der Waals surface area contributed by atoms with Crippen LogP contribution in [-0.2, 0) is 0 Å². The zero-order valence-electron chi connectivity index (χ0n) is 30.7. The second-order valence-corrected chi connectivity index (χ2v) is 14.5. The molecule has 1 aromatic heterocycles. The van der Waals surface area contributed by atoms with Gasteiger partial charge in [-0.15, -0.1) is 0 Å². The lowest BCUT2D eigenvalue weighted by Gasteiger charge is -2.28. The number of hydrogen-bond acceptors (Lipinski definition) is 1. The van der Waals surface area contributed by atoms with Gasteiger partial charge in [-0.25, -0.2) is 0 Å². The number of nitrogens with zero attached hydrogens (tertiary/aromatic N) is 2. The van der Waals surface area contributed by atoms with E-state index in [-0.39, 0.29) is 0 Å². The molecule has 0 aliphatic heterocycles. The number of rotatable bonds is 6. The monoisotopic (exact) mass is 712 g/mol. The van der Waals surface area contributed by atoms with Crippen LogP contribution in [0, 0.1) is 0 Å². The van der Waals surface area contributed by atoms with E-state index >= 15 is 0 Å². The van der Waals surface area contributed by atoms with Crippen LogP contribution in [0.5, 0.6) is 0 Å². The van der Waals surface area contributed by atoms with Gasteiger partial charge in [-0.05, 0) is 104 Å². The summed E-state index contributed by atoms with van der Waals surface area (Å²) in [6, 6.07) is 79.6. The molecule has 11 aromatic rings. The van der Waals surface area contributed by atoms with E-state index in [2.05, 4.69) is 228 Å². The van der Waals surface area contributed by atoms with Gasteiger partial charge in [-0.1, -0.05) is 164 Å². The van der Waals surface area contributed by atoms with Crippen molar-refractivity contribution in [2.75, 3.05) is 4.90 Å². The van der Waals surface area contributed by atoms with E-state index in [1.165, 1.54) is 76.4 Å². The third kappa shape index (κ3) is 5.19. The highest BCUT2D eigenvalue weighted by atomic mass is 15.1. The Labute approximate surface area is 325 Å². The highest BCUT2D eigenvalue weighted by Crippen LogP contribution is 2.47. The summed E-state index contributed by atoms with van der Waals surface area (Å²) < 4.78 is 2.42. The quantitative estimate of drug-likeness (QED) is 0.156. The normalized spacial score (nSPS) is 11.6. The molecule has 11 rings (SSSR count). The zero-order chi connectivity index (χ0) is 37.0. The first-order valence-corrected chi connectivity index (χ1v) is 19.3. The Morgan fingerprint density at radius 3 is 1.61 bits per heavy atom. The molecule has 10 aromatic carbocycles. The summed E-state index contributed by atoms with van der Waals surface area (Å²) in [5.41, 5.74) is 11.7. The van der Waals surface area contributed by atoms with E-state index in [4.69, 9.17) is 0 Å². The van der Waals surface area contributed by atoms with Crippen LogP contribution < -0.4 is 4.90 Å². The third-order valence-electron chi connectivity index (χ3n) is 11.3. The number of anilines is 3. The van der Waals surface area contributed by atoms with Crippen LogP contribution in [0.4, 0.5) is 17.1 Å². The molecule has 0 N–H and O–H groups in total. The summed E-state index contributed by atoms with van der Waals surface area (Å²) in [6.07, 6.45) is 0. The van der Waals surface area contributed by atoms with E-state index < -0.39 is 0 Å². The van der Waals surface area contributed by atoms with Gasteiger partial charge in [0.2, 0.25) is 0 Å². The summed E-state index contributed by atoms with van der Waals surface area (Å²) in [4.78, 5) is 2.46. The topological polar surface area (TPSA) is 8.17 Å². The van der Waals surface area contributed by atoms with Crippen LogP contribution in [0.25, 0.3) is 82.1 Å². The molecular weight excluding hydrogens is 677 g/mol. The molecule has 0 saturated carbocycles. The standard InChI is InChI=1S/C54H36N2/c1-3-17-37(18-4-1)38-21-15-25-43(33-38)55(51-35-39-19-7-9-27-45(39)47-29-11-12-30-48(47)51)44-26-16-22-41(34-44)53-46-28-10-8-20-40(46)36-52-54(53)49-31-13-14-32-50(49)56(52)42-23-5-2-6-24-42/h1-36H. The Kier molecular flexibility index (Phi) is 7.53. The first-order chi connectivity index (χ1) is 27.8. The average Bonchev–Trinajstić information content (AvgIpc) is 3.60. The third-order valence-corrected chi connectivity index (χ3v) is 11.3. The van der Waals surface area contributed by atoms with Crippen LogP contribution in [0.1, 0.15) is 0 Å². The van der Waals surface area contributed by atoms with Gasteiger partial charge < -0.3 is 9.47 Å². The Morgan fingerprint density at radius 2 is 0.857 bits per heavy atom. The van der Waals surface area contributed by atoms with Crippen LogP contribution in [0.3, 0.4) is 0 Å². The van der Waals surface area contributed by atoms with Crippen molar-refractivity contribution in [3.8, 4) is 27.9 Å². The minimum Gasteiger partial charge on any atom is -0.310 e. The fraction of sp³-hybridized carbons (Fsp3) is 0. The highest BCUT2D eigenvalue weighted by molar-refractivity contribution is 6.23. The summed E-state index contributed by atoms with van der Waals surface area (Å²) >= 11 is 0. The van der Waals surface area contributed by atoms with Crippen molar-refractivity contribution in [2.24, 2.45) is 0 Å². The molecule has 0 saturated heterocycles. The summed E-state index contributed by atoms with van der Waals surface area (Å²) in [5.74, 6) is 0. The van der Waals surface area contributed by atoms with Gasteiger partial charge in [0.25, 0.3) is 0 Å². The predicted molar refractivity (Wildman–Crippen MR) is 239 cm³/mol. The van der Waals surface area contributed by atoms with E-state index in [9.17, 15) is 0 Å². The Hall–Kier alpha value is -7.42. The average molecular weight is 713 g/mol. The Bertz CT molecular complexity index is 3250. The van der Waals surface area contributed by atoms with Crippen molar-refractivity contribution in [2.45, 2.75) is 0 Å². The molecule has 0 aliphatic carbocycles. The molecule has 0 spiro atoms. The SMILES string of the molecule is c1ccc(-c2cccc(N(c3cccc(-c4c5ccccc5cc5c4c4ccccc4n5-c4ccccc4)c3)c3cc4ccccc4c4ccccc34)c2)cc1. The molecule has 56 heavy (non-hydrogen) atoms. The fourth-order valence-corrected chi connectivity index (χ4v) is 8.85. The number of hydrogen-bond donors (Lipinski definition) is 0. The van der Waals surface area contributed by atoms with Crippen molar-refractivity contribution in [1.29, 1.82) is 0 Å². The predicted octanol–water partition coefficient (Wildman–Crippen LogP) is 15.0. The van der Waals surface area contributed by atoms with Gasteiger partial charge in [-0.2, -0.15) is 0 Å². The molecule has 262 valence electrons.